The van der Waals surface area contributed by atoms with Crippen molar-refractivity contribution in [2.24, 2.45) is 5.73 Å². The summed E-state index contributed by atoms with van der Waals surface area (Å²) in [7, 11) is -4.02. The van der Waals surface area contributed by atoms with Crippen molar-refractivity contribution in [3.8, 4) is 0 Å². The van der Waals surface area contributed by atoms with Gasteiger partial charge >= 0.3 is 5.97 Å². The van der Waals surface area contributed by atoms with Gasteiger partial charge in [0.15, 0.2) is 0 Å². The van der Waals surface area contributed by atoms with Crippen LogP contribution in [0.5, 0.6) is 0 Å². The number of hydrogen-bond donors (Lipinski definition) is 3. The first-order valence-electron chi connectivity index (χ1n) is 5.33. The van der Waals surface area contributed by atoms with Crippen LogP contribution in [0.25, 0.3) is 0 Å². The molecule has 19 heavy (non-hydrogen) atoms. The number of amides is 1. The molecule has 0 fully saturated rings. The molecule has 104 valence electrons. The first kappa shape index (κ1) is 15.1. The molecule has 1 amide bonds. The Labute approximate surface area is 110 Å². The molecular weight excluding hydrogens is 272 g/mol. The minimum atomic E-state index is -4.02. The maximum atomic E-state index is 12.0. The molecule has 7 nitrogen and oxygen atoms in total. The topological polar surface area (TPSA) is 127 Å². The van der Waals surface area contributed by atoms with E-state index in [0.717, 1.165) is 0 Å². The second kappa shape index (κ2) is 5.81. The van der Waals surface area contributed by atoms with Crippen LogP contribution in [0.4, 0.5) is 0 Å². The first-order valence-corrected chi connectivity index (χ1v) is 6.81. The Morgan fingerprint density at radius 2 is 1.95 bits per heavy atom. The van der Waals surface area contributed by atoms with E-state index in [0.29, 0.717) is 5.56 Å². The zero-order chi connectivity index (χ0) is 14.6. The molecule has 0 aliphatic rings. The third kappa shape index (κ3) is 4.04. The van der Waals surface area contributed by atoms with Crippen molar-refractivity contribution in [3.05, 3.63) is 29.8 Å². The Morgan fingerprint density at radius 1 is 1.37 bits per heavy atom. The molecule has 0 aliphatic heterocycles. The van der Waals surface area contributed by atoms with Gasteiger partial charge in [-0.1, -0.05) is 18.2 Å². The van der Waals surface area contributed by atoms with Crippen LogP contribution >= 0.6 is 0 Å². The van der Waals surface area contributed by atoms with Crippen molar-refractivity contribution in [3.63, 3.8) is 0 Å². The number of benzene rings is 1. The lowest BCUT2D eigenvalue weighted by atomic mass is 10.2. The second-order valence-electron chi connectivity index (χ2n) is 3.95. The molecule has 0 aromatic heterocycles. The van der Waals surface area contributed by atoms with Gasteiger partial charge in [0.1, 0.15) is 6.04 Å². The number of carbonyl (C=O) groups excluding carboxylic acids is 1. The van der Waals surface area contributed by atoms with Gasteiger partial charge in [0.2, 0.25) is 15.9 Å². The maximum Gasteiger partial charge on any atom is 0.322 e. The highest BCUT2D eigenvalue weighted by Gasteiger charge is 2.27. The van der Waals surface area contributed by atoms with E-state index in [1.54, 1.807) is 19.1 Å². The van der Waals surface area contributed by atoms with Gasteiger partial charge in [-0.25, -0.2) is 8.42 Å². The van der Waals surface area contributed by atoms with Crippen LogP contribution in [0.2, 0.25) is 0 Å². The van der Waals surface area contributed by atoms with E-state index >= 15 is 0 Å². The van der Waals surface area contributed by atoms with E-state index < -0.39 is 34.4 Å². The molecule has 8 heteroatoms. The zero-order valence-electron chi connectivity index (χ0n) is 10.2. The fourth-order valence-electron chi connectivity index (χ4n) is 1.49. The minimum Gasteiger partial charge on any atom is -0.480 e. The van der Waals surface area contributed by atoms with E-state index in [1.807, 2.05) is 4.72 Å². The fraction of sp³-hybridized carbons (Fsp3) is 0.273. The van der Waals surface area contributed by atoms with Crippen LogP contribution in [0, 0.1) is 6.92 Å². The van der Waals surface area contributed by atoms with Crippen molar-refractivity contribution in [1.82, 2.24) is 4.72 Å². The lowest BCUT2D eigenvalue weighted by Crippen LogP contribution is -2.43. The van der Waals surface area contributed by atoms with E-state index in [1.165, 1.54) is 12.1 Å². The summed E-state index contributed by atoms with van der Waals surface area (Å²) in [6.45, 7) is 1.58. The van der Waals surface area contributed by atoms with Gasteiger partial charge in [0.25, 0.3) is 0 Å². The smallest absolute Gasteiger partial charge is 0.322 e. The molecular formula is C11H14N2O5S. The molecule has 0 unspecified atom stereocenters. The maximum absolute atomic E-state index is 12.0. The molecule has 4 N–H and O–H groups in total. The summed E-state index contributed by atoms with van der Waals surface area (Å²) >= 11 is 0. The van der Waals surface area contributed by atoms with E-state index in [2.05, 4.69) is 0 Å². The molecule has 0 saturated heterocycles. The van der Waals surface area contributed by atoms with Gasteiger partial charge in [-0.05, 0) is 18.6 Å². The van der Waals surface area contributed by atoms with Crippen LogP contribution in [0.1, 0.15) is 12.0 Å². The van der Waals surface area contributed by atoms with Crippen LogP contribution in [-0.4, -0.2) is 31.4 Å². The van der Waals surface area contributed by atoms with Gasteiger partial charge in [0, 0.05) is 0 Å². The molecule has 1 aromatic carbocycles. The molecule has 1 rings (SSSR count). The zero-order valence-corrected chi connectivity index (χ0v) is 11.0. The Balaban J connectivity index is 3.04. The van der Waals surface area contributed by atoms with Crippen molar-refractivity contribution in [2.45, 2.75) is 24.3 Å². The van der Waals surface area contributed by atoms with Gasteiger partial charge < -0.3 is 10.8 Å². The second-order valence-corrected chi connectivity index (χ2v) is 5.63. The van der Waals surface area contributed by atoms with E-state index in [9.17, 15) is 18.0 Å². The molecule has 1 atom stereocenters. The number of nitrogens with two attached hydrogens (primary N) is 1. The number of hydrogen-bond acceptors (Lipinski definition) is 4. The predicted molar refractivity (Wildman–Crippen MR) is 66.7 cm³/mol. The highest BCUT2D eigenvalue weighted by atomic mass is 32.2. The average Bonchev–Trinajstić information content (AvgIpc) is 2.27. The number of aliphatic carboxylic acids is 1. The Kier molecular flexibility index (Phi) is 4.62. The average molecular weight is 286 g/mol. The summed E-state index contributed by atoms with van der Waals surface area (Å²) in [6.07, 6.45) is -0.611. The molecule has 1 aromatic rings. The lowest BCUT2D eigenvalue weighted by Gasteiger charge is -2.14. The number of sulfonamides is 1. The van der Waals surface area contributed by atoms with E-state index in [-0.39, 0.29) is 4.90 Å². The summed E-state index contributed by atoms with van der Waals surface area (Å²) < 4.78 is 26.0. The van der Waals surface area contributed by atoms with Crippen LogP contribution in [0.15, 0.2) is 29.2 Å². The highest BCUT2D eigenvalue weighted by Crippen LogP contribution is 2.14. The summed E-state index contributed by atoms with van der Waals surface area (Å²) in [5.41, 5.74) is 5.35. The van der Waals surface area contributed by atoms with Crippen LogP contribution in [0.3, 0.4) is 0 Å². The Morgan fingerprint density at radius 3 is 2.42 bits per heavy atom. The third-order valence-corrected chi connectivity index (χ3v) is 4.02. The van der Waals surface area contributed by atoms with Gasteiger partial charge in [0.05, 0.1) is 11.3 Å². The van der Waals surface area contributed by atoms with Gasteiger partial charge in [-0.15, -0.1) is 0 Å². The predicted octanol–water partition coefficient (Wildman–Crippen LogP) is -0.398. The fourth-order valence-corrected chi connectivity index (χ4v) is 2.92. The molecule has 0 heterocycles. The number of rotatable bonds is 6. The van der Waals surface area contributed by atoms with Crippen molar-refractivity contribution >= 4 is 21.9 Å². The van der Waals surface area contributed by atoms with Crippen LogP contribution < -0.4 is 10.5 Å². The molecule has 0 radical (unpaired) electrons. The summed E-state index contributed by atoms with van der Waals surface area (Å²) in [4.78, 5) is 21.6. The highest BCUT2D eigenvalue weighted by molar-refractivity contribution is 7.89. The van der Waals surface area contributed by atoms with Gasteiger partial charge in [-0.3, -0.25) is 9.59 Å². The third-order valence-electron chi connectivity index (χ3n) is 2.38. The van der Waals surface area contributed by atoms with Crippen LogP contribution in [-0.2, 0) is 19.6 Å². The van der Waals surface area contributed by atoms with E-state index in [4.69, 9.17) is 10.8 Å². The largest absolute Gasteiger partial charge is 0.480 e. The van der Waals surface area contributed by atoms with Crippen molar-refractivity contribution in [1.29, 1.82) is 0 Å². The summed E-state index contributed by atoms with van der Waals surface area (Å²) in [5, 5.41) is 8.87. The number of primary amides is 1. The Hall–Kier alpha value is -1.93. The number of carbonyl (C=O) groups is 2. The minimum absolute atomic E-state index is 0.0364. The number of nitrogens with one attached hydrogen (secondary N) is 1. The number of carboxylic acid groups (broad SMARTS) is 1. The first-order chi connectivity index (χ1) is 8.74. The summed E-state index contributed by atoms with van der Waals surface area (Å²) in [5.74, 6) is -2.36. The monoisotopic (exact) mass is 286 g/mol. The molecule has 0 spiro atoms. The van der Waals surface area contributed by atoms with Gasteiger partial charge in [-0.2, -0.15) is 4.72 Å². The Bertz CT molecular complexity index is 597. The number of carboxylic acids is 1. The molecule has 0 aliphatic carbocycles. The molecule has 0 saturated carbocycles. The quantitative estimate of drug-likeness (QED) is 0.656. The standard InChI is InChI=1S/C11H14N2O5S/c1-7-4-2-3-5-9(7)19(17,18)13-8(11(15)16)6-10(12)14/h2-5,8,13H,6H2,1H3,(H2,12,14)(H,15,16)/t8-/m0/s1. The molecule has 0 bridgehead atoms. The van der Waals surface area contributed by atoms with Crippen molar-refractivity contribution in [2.75, 3.05) is 0 Å². The summed E-state index contributed by atoms with van der Waals surface area (Å²) in [6, 6.07) is 4.53. The normalized spacial score (nSPS) is 12.9. The lowest BCUT2D eigenvalue weighted by molar-refractivity contribution is -0.140. The van der Waals surface area contributed by atoms with Crippen molar-refractivity contribution < 1.29 is 23.1 Å². The number of aryl methyl sites for hydroxylation is 1. The SMILES string of the molecule is Cc1ccccc1S(=O)(=O)N[C@@H](CC(N)=O)C(=O)O.